The van der Waals surface area contributed by atoms with E-state index in [1.54, 1.807) is 0 Å². The standard InChI is InChI=1S/C8H15N.ClH/c9-7-2-1-3-8(6-7)4-5-8;/h7H,1-6,9H2;1H/t7-;/m0./s1. The minimum absolute atomic E-state index is 0. The Morgan fingerprint density at radius 2 is 1.90 bits per heavy atom. The van der Waals surface area contributed by atoms with Crippen LogP contribution in [0.25, 0.3) is 0 Å². The van der Waals surface area contributed by atoms with Gasteiger partial charge in [0.2, 0.25) is 0 Å². The van der Waals surface area contributed by atoms with Gasteiger partial charge in [-0.3, -0.25) is 0 Å². The highest BCUT2D eigenvalue weighted by Crippen LogP contribution is 2.55. The molecule has 2 N–H and O–H groups in total. The fourth-order valence-corrected chi connectivity index (χ4v) is 2.13. The maximum absolute atomic E-state index is 5.85. The lowest BCUT2D eigenvalue weighted by atomic mass is 9.84. The van der Waals surface area contributed by atoms with E-state index >= 15 is 0 Å². The van der Waals surface area contributed by atoms with E-state index in [0.717, 1.165) is 5.41 Å². The monoisotopic (exact) mass is 161 g/mol. The number of hydrogen-bond donors (Lipinski definition) is 1. The van der Waals surface area contributed by atoms with Crippen molar-refractivity contribution in [1.82, 2.24) is 0 Å². The summed E-state index contributed by atoms with van der Waals surface area (Å²) in [6, 6.07) is 0.543. The molecule has 0 saturated heterocycles. The van der Waals surface area contributed by atoms with Gasteiger partial charge >= 0.3 is 0 Å². The van der Waals surface area contributed by atoms with Crippen LogP contribution >= 0.6 is 12.4 Å². The highest BCUT2D eigenvalue weighted by Gasteiger charge is 2.44. The summed E-state index contributed by atoms with van der Waals surface area (Å²) in [5.74, 6) is 0. The average molecular weight is 162 g/mol. The second-order valence-corrected chi connectivity index (χ2v) is 3.86. The summed E-state index contributed by atoms with van der Waals surface area (Å²) in [5, 5.41) is 0. The molecule has 1 nitrogen and oxygen atoms in total. The zero-order valence-corrected chi connectivity index (χ0v) is 7.12. The lowest BCUT2D eigenvalue weighted by Gasteiger charge is -2.25. The quantitative estimate of drug-likeness (QED) is 0.579. The molecule has 0 amide bonds. The number of halogens is 1. The fraction of sp³-hybridized carbons (Fsp3) is 1.00. The molecule has 1 spiro atoms. The topological polar surface area (TPSA) is 26.0 Å². The third-order valence-electron chi connectivity index (χ3n) is 2.93. The first-order valence-corrected chi connectivity index (χ1v) is 4.06. The van der Waals surface area contributed by atoms with Gasteiger partial charge in [-0.15, -0.1) is 12.4 Å². The van der Waals surface area contributed by atoms with E-state index in [4.69, 9.17) is 5.73 Å². The summed E-state index contributed by atoms with van der Waals surface area (Å²) in [4.78, 5) is 0. The van der Waals surface area contributed by atoms with Crippen LogP contribution in [0.15, 0.2) is 0 Å². The summed E-state index contributed by atoms with van der Waals surface area (Å²) in [6.45, 7) is 0. The van der Waals surface area contributed by atoms with Gasteiger partial charge in [-0.2, -0.15) is 0 Å². The Hall–Kier alpha value is 0.250. The van der Waals surface area contributed by atoms with Crippen molar-refractivity contribution in [2.45, 2.75) is 44.6 Å². The molecular formula is C8H16ClN. The molecule has 60 valence electrons. The second kappa shape index (κ2) is 2.71. The first-order chi connectivity index (χ1) is 4.31. The summed E-state index contributed by atoms with van der Waals surface area (Å²) < 4.78 is 0. The molecule has 0 heterocycles. The summed E-state index contributed by atoms with van der Waals surface area (Å²) in [7, 11) is 0. The van der Waals surface area contributed by atoms with Gasteiger partial charge in [-0.25, -0.2) is 0 Å². The van der Waals surface area contributed by atoms with E-state index in [-0.39, 0.29) is 12.4 Å². The minimum Gasteiger partial charge on any atom is -0.328 e. The van der Waals surface area contributed by atoms with Gasteiger partial charge in [0, 0.05) is 6.04 Å². The van der Waals surface area contributed by atoms with Crippen LogP contribution in [0.4, 0.5) is 0 Å². The predicted octanol–water partition coefficient (Wildman–Crippen LogP) is 2.09. The Morgan fingerprint density at radius 3 is 2.30 bits per heavy atom. The van der Waals surface area contributed by atoms with Crippen molar-refractivity contribution in [3.63, 3.8) is 0 Å². The normalized spacial score (nSPS) is 35.1. The Bertz CT molecular complexity index is 120. The fourth-order valence-electron chi connectivity index (χ4n) is 2.13. The molecule has 1 atom stereocenters. The first kappa shape index (κ1) is 8.35. The van der Waals surface area contributed by atoms with Gasteiger partial charge in [-0.1, -0.05) is 6.42 Å². The van der Waals surface area contributed by atoms with Gasteiger partial charge in [0.15, 0.2) is 0 Å². The molecule has 0 radical (unpaired) electrons. The lowest BCUT2D eigenvalue weighted by molar-refractivity contribution is 0.302. The first-order valence-electron chi connectivity index (χ1n) is 4.06. The van der Waals surface area contributed by atoms with Crippen LogP contribution < -0.4 is 5.73 Å². The van der Waals surface area contributed by atoms with E-state index in [2.05, 4.69) is 0 Å². The van der Waals surface area contributed by atoms with Gasteiger partial charge in [-0.05, 0) is 37.5 Å². The molecule has 0 aromatic rings. The van der Waals surface area contributed by atoms with Gasteiger partial charge in [0.1, 0.15) is 0 Å². The van der Waals surface area contributed by atoms with E-state index < -0.39 is 0 Å². The van der Waals surface area contributed by atoms with E-state index in [1.807, 2.05) is 0 Å². The van der Waals surface area contributed by atoms with Crippen molar-refractivity contribution < 1.29 is 0 Å². The highest BCUT2D eigenvalue weighted by molar-refractivity contribution is 5.85. The van der Waals surface area contributed by atoms with Crippen LogP contribution in [-0.2, 0) is 0 Å². The van der Waals surface area contributed by atoms with Crippen molar-refractivity contribution in [3.8, 4) is 0 Å². The van der Waals surface area contributed by atoms with Crippen LogP contribution in [0.5, 0.6) is 0 Å². The molecule has 2 aliphatic rings. The Labute approximate surface area is 68.8 Å². The Balaban J connectivity index is 0.000000500. The second-order valence-electron chi connectivity index (χ2n) is 3.86. The van der Waals surface area contributed by atoms with Crippen LogP contribution in [0.1, 0.15) is 38.5 Å². The molecular weight excluding hydrogens is 146 g/mol. The predicted molar refractivity (Wildman–Crippen MR) is 45.4 cm³/mol. The zero-order chi connectivity index (χ0) is 6.32. The number of hydrogen-bond acceptors (Lipinski definition) is 1. The summed E-state index contributed by atoms with van der Waals surface area (Å²) >= 11 is 0. The van der Waals surface area contributed by atoms with Crippen LogP contribution in [0.2, 0.25) is 0 Å². The third-order valence-corrected chi connectivity index (χ3v) is 2.93. The molecule has 2 fully saturated rings. The van der Waals surface area contributed by atoms with Crippen molar-refractivity contribution in [3.05, 3.63) is 0 Å². The van der Waals surface area contributed by atoms with Crippen molar-refractivity contribution in [2.75, 3.05) is 0 Å². The smallest absolute Gasteiger partial charge is 0.00441 e. The van der Waals surface area contributed by atoms with E-state index in [1.165, 1.54) is 38.5 Å². The zero-order valence-electron chi connectivity index (χ0n) is 6.31. The Kier molecular flexibility index (Phi) is 2.26. The minimum atomic E-state index is 0. The molecule has 0 aliphatic heterocycles. The molecule has 2 saturated carbocycles. The third kappa shape index (κ3) is 1.46. The molecule has 2 rings (SSSR count). The molecule has 0 bridgehead atoms. The van der Waals surface area contributed by atoms with Crippen molar-refractivity contribution >= 4 is 12.4 Å². The molecule has 0 unspecified atom stereocenters. The highest BCUT2D eigenvalue weighted by atomic mass is 35.5. The maximum atomic E-state index is 5.85. The van der Waals surface area contributed by atoms with Gasteiger partial charge < -0.3 is 5.73 Å². The maximum Gasteiger partial charge on any atom is 0.00441 e. The number of rotatable bonds is 0. The van der Waals surface area contributed by atoms with E-state index in [0.29, 0.717) is 6.04 Å². The van der Waals surface area contributed by atoms with Gasteiger partial charge in [0.05, 0.1) is 0 Å². The van der Waals surface area contributed by atoms with E-state index in [9.17, 15) is 0 Å². The van der Waals surface area contributed by atoms with Crippen LogP contribution in [-0.4, -0.2) is 6.04 Å². The van der Waals surface area contributed by atoms with Crippen LogP contribution in [0.3, 0.4) is 0 Å². The summed E-state index contributed by atoms with van der Waals surface area (Å²) in [5.41, 5.74) is 6.63. The Morgan fingerprint density at radius 1 is 1.20 bits per heavy atom. The summed E-state index contributed by atoms with van der Waals surface area (Å²) in [6.07, 6.45) is 8.41. The SMILES string of the molecule is Cl.N[C@H]1CCCC2(CC2)C1. The van der Waals surface area contributed by atoms with Gasteiger partial charge in [0.25, 0.3) is 0 Å². The largest absolute Gasteiger partial charge is 0.328 e. The molecule has 10 heavy (non-hydrogen) atoms. The molecule has 0 aromatic carbocycles. The molecule has 2 heteroatoms. The molecule has 0 aromatic heterocycles. The van der Waals surface area contributed by atoms with Crippen LogP contribution in [0, 0.1) is 5.41 Å². The average Bonchev–Trinajstić information content (AvgIpc) is 2.49. The molecule has 2 aliphatic carbocycles. The number of nitrogens with two attached hydrogens (primary N) is 1. The lowest BCUT2D eigenvalue weighted by Crippen LogP contribution is -2.28. The van der Waals surface area contributed by atoms with Crippen molar-refractivity contribution in [2.24, 2.45) is 11.1 Å². The van der Waals surface area contributed by atoms with Crippen molar-refractivity contribution in [1.29, 1.82) is 0 Å².